The lowest BCUT2D eigenvalue weighted by Gasteiger charge is -2.05. The van der Waals surface area contributed by atoms with E-state index in [1.807, 2.05) is 43.3 Å². The molecule has 1 aromatic heterocycles. The van der Waals surface area contributed by atoms with Crippen molar-refractivity contribution < 1.29 is 5.11 Å². The average Bonchev–Trinajstić information content (AvgIpc) is 2.31. The largest absolute Gasteiger partial charge is 0.392 e. The van der Waals surface area contributed by atoms with E-state index in [9.17, 15) is 0 Å². The van der Waals surface area contributed by atoms with Gasteiger partial charge in [-0.15, -0.1) is 0 Å². The van der Waals surface area contributed by atoms with E-state index in [0.29, 0.717) is 0 Å². The third-order valence-electron chi connectivity index (χ3n) is 2.48. The van der Waals surface area contributed by atoms with Crippen LogP contribution in [0, 0.1) is 6.92 Å². The molecule has 0 radical (unpaired) electrons. The average molecular weight is 199 g/mol. The molecule has 0 bridgehead atoms. The molecule has 0 aliphatic heterocycles. The van der Waals surface area contributed by atoms with Crippen LogP contribution >= 0.6 is 0 Å². The van der Waals surface area contributed by atoms with Crippen molar-refractivity contribution in [2.24, 2.45) is 0 Å². The van der Waals surface area contributed by atoms with Crippen molar-refractivity contribution >= 4 is 0 Å². The summed E-state index contributed by atoms with van der Waals surface area (Å²) in [4.78, 5) is 4.27. The first-order valence-electron chi connectivity index (χ1n) is 4.93. The molecule has 1 N–H and O–H groups in total. The third-order valence-corrected chi connectivity index (χ3v) is 2.48. The Hall–Kier alpha value is -1.67. The summed E-state index contributed by atoms with van der Waals surface area (Å²) in [6, 6.07) is 11.8. The lowest BCUT2D eigenvalue weighted by molar-refractivity contribution is 0.281. The van der Waals surface area contributed by atoms with E-state index in [-0.39, 0.29) is 6.61 Å². The molecule has 0 saturated carbocycles. The van der Waals surface area contributed by atoms with Crippen molar-refractivity contribution in [3.8, 4) is 11.3 Å². The fourth-order valence-electron chi connectivity index (χ4n) is 1.53. The van der Waals surface area contributed by atoms with Crippen LogP contribution < -0.4 is 0 Å². The second kappa shape index (κ2) is 4.24. The van der Waals surface area contributed by atoms with Gasteiger partial charge in [-0.05, 0) is 36.2 Å². The minimum absolute atomic E-state index is 0.0759. The van der Waals surface area contributed by atoms with E-state index in [1.165, 1.54) is 0 Å². The zero-order valence-corrected chi connectivity index (χ0v) is 8.64. The summed E-state index contributed by atoms with van der Waals surface area (Å²) >= 11 is 0. The monoisotopic (exact) mass is 199 g/mol. The molecule has 0 atom stereocenters. The summed E-state index contributed by atoms with van der Waals surface area (Å²) in [6.45, 7) is 2.07. The van der Waals surface area contributed by atoms with Crippen molar-refractivity contribution in [2.45, 2.75) is 13.5 Å². The lowest BCUT2D eigenvalue weighted by atomic mass is 10.0. The maximum absolute atomic E-state index is 9.17. The summed E-state index contributed by atoms with van der Waals surface area (Å²) in [5, 5.41) is 9.17. The van der Waals surface area contributed by atoms with Crippen LogP contribution in [0.25, 0.3) is 11.3 Å². The van der Waals surface area contributed by atoms with Crippen molar-refractivity contribution in [3.63, 3.8) is 0 Å². The highest BCUT2D eigenvalue weighted by molar-refractivity contribution is 5.60. The van der Waals surface area contributed by atoms with Gasteiger partial charge in [-0.3, -0.25) is 4.98 Å². The molecule has 2 heteroatoms. The maximum atomic E-state index is 9.17. The smallest absolute Gasteiger partial charge is 0.0702 e. The number of benzene rings is 1. The summed E-state index contributed by atoms with van der Waals surface area (Å²) in [5.74, 6) is 0. The SMILES string of the molecule is Cc1ccc(-c2ccccn2)cc1CO. The van der Waals surface area contributed by atoms with Crippen molar-refractivity contribution in [1.82, 2.24) is 4.98 Å². The van der Waals surface area contributed by atoms with Gasteiger partial charge in [-0.25, -0.2) is 0 Å². The van der Waals surface area contributed by atoms with Crippen LogP contribution in [0.3, 0.4) is 0 Å². The van der Waals surface area contributed by atoms with E-state index >= 15 is 0 Å². The second-order valence-corrected chi connectivity index (χ2v) is 3.51. The van der Waals surface area contributed by atoms with E-state index in [1.54, 1.807) is 6.20 Å². The quantitative estimate of drug-likeness (QED) is 0.806. The molecular weight excluding hydrogens is 186 g/mol. The molecule has 2 aromatic rings. The first-order chi connectivity index (χ1) is 7.31. The molecule has 0 saturated heterocycles. The van der Waals surface area contributed by atoms with E-state index in [2.05, 4.69) is 4.98 Å². The van der Waals surface area contributed by atoms with Crippen molar-refractivity contribution in [1.29, 1.82) is 0 Å². The molecule has 0 aliphatic rings. The standard InChI is InChI=1S/C13H13NO/c1-10-5-6-11(8-12(10)9-15)13-4-2-3-7-14-13/h2-8,15H,9H2,1H3. The number of hydrogen-bond acceptors (Lipinski definition) is 2. The van der Waals surface area contributed by atoms with Gasteiger partial charge in [0.15, 0.2) is 0 Å². The predicted octanol–water partition coefficient (Wildman–Crippen LogP) is 2.55. The van der Waals surface area contributed by atoms with Gasteiger partial charge >= 0.3 is 0 Å². The minimum atomic E-state index is 0.0759. The molecule has 0 fully saturated rings. The predicted molar refractivity (Wildman–Crippen MR) is 60.3 cm³/mol. The van der Waals surface area contributed by atoms with Gasteiger partial charge in [0, 0.05) is 11.8 Å². The molecule has 1 heterocycles. The van der Waals surface area contributed by atoms with Crippen molar-refractivity contribution in [3.05, 3.63) is 53.7 Å². The number of pyridine rings is 1. The zero-order chi connectivity index (χ0) is 10.7. The maximum Gasteiger partial charge on any atom is 0.0702 e. The molecule has 76 valence electrons. The Balaban J connectivity index is 2.46. The topological polar surface area (TPSA) is 33.1 Å². The number of nitrogens with zero attached hydrogens (tertiary/aromatic N) is 1. The van der Waals surface area contributed by atoms with Gasteiger partial charge < -0.3 is 5.11 Å². The van der Waals surface area contributed by atoms with Gasteiger partial charge in [0.1, 0.15) is 0 Å². The van der Waals surface area contributed by atoms with E-state index in [4.69, 9.17) is 5.11 Å². The fraction of sp³-hybridized carbons (Fsp3) is 0.154. The van der Waals surface area contributed by atoms with Gasteiger partial charge in [-0.2, -0.15) is 0 Å². The van der Waals surface area contributed by atoms with Crippen LogP contribution in [0.2, 0.25) is 0 Å². The summed E-state index contributed by atoms with van der Waals surface area (Å²) in [5.41, 5.74) is 4.05. The van der Waals surface area contributed by atoms with E-state index < -0.39 is 0 Å². The first kappa shape index (κ1) is 9.87. The Labute approximate surface area is 89.2 Å². The Kier molecular flexibility index (Phi) is 2.79. The minimum Gasteiger partial charge on any atom is -0.392 e. The van der Waals surface area contributed by atoms with Crippen LogP contribution in [-0.2, 0) is 6.61 Å². The molecule has 1 aromatic carbocycles. The van der Waals surface area contributed by atoms with Gasteiger partial charge in [-0.1, -0.05) is 18.2 Å². The van der Waals surface area contributed by atoms with Gasteiger partial charge in [0.2, 0.25) is 0 Å². The number of aryl methyl sites for hydroxylation is 1. The highest BCUT2D eigenvalue weighted by atomic mass is 16.3. The first-order valence-corrected chi connectivity index (χ1v) is 4.93. The summed E-state index contributed by atoms with van der Waals surface area (Å²) < 4.78 is 0. The number of aliphatic hydroxyl groups excluding tert-OH is 1. The number of hydrogen-bond donors (Lipinski definition) is 1. The van der Waals surface area contributed by atoms with Gasteiger partial charge in [0.25, 0.3) is 0 Å². The van der Waals surface area contributed by atoms with Crippen molar-refractivity contribution in [2.75, 3.05) is 0 Å². The molecule has 2 nitrogen and oxygen atoms in total. The third kappa shape index (κ3) is 2.05. The zero-order valence-electron chi connectivity index (χ0n) is 8.64. The molecule has 0 unspecified atom stereocenters. The highest BCUT2D eigenvalue weighted by Gasteiger charge is 2.01. The normalized spacial score (nSPS) is 10.3. The second-order valence-electron chi connectivity index (χ2n) is 3.51. The van der Waals surface area contributed by atoms with Crippen LogP contribution in [0.1, 0.15) is 11.1 Å². The highest BCUT2D eigenvalue weighted by Crippen LogP contribution is 2.20. The number of aromatic nitrogens is 1. The number of rotatable bonds is 2. The Morgan fingerprint density at radius 1 is 1.20 bits per heavy atom. The molecule has 0 aliphatic carbocycles. The molecule has 2 rings (SSSR count). The molecule has 15 heavy (non-hydrogen) atoms. The van der Waals surface area contributed by atoms with Gasteiger partial charge in [0.05, 0.1) is 12.3 Å². The Morgan fingerprint density at radius 2 is 2.07 bits per heavy atom. The van der Waals surface area contributed by atoms with Crippen LogP contribution in [0.4, 0.5) is 0 Å². The van der Waals surface area contributed by atoms with Crippen LogP contribution in [0.15, 0.2) is 42.6 Å². The summed E-state index contributed by atoms with van der Waals surface area (Å²) in [6.07, 6.45) is 1.77. The Bertz CT molecular complexity index is 451. The number of aliphatic hydroxyl groups is 1. The fourth-order valence-corrected chi connectivity index (χ4v) is 1.53. The summed E-state index contributed by atoms with van der Waals surface area (Å²) in [7, 11) is 0. The molecule has 0 amide bonds. The molecule has 0 spiro atoms. The van der Waals surface area contributed by atoms with E-state index in [0.717, 1.165) is 22.4 Å². The van der Waals surface area contributed by atoms with Crippen LogP contribution in [0.5, 0.6) is 0 Å². The Morgan fingerprint density at radius 3 is 2.73 bits per heavy atom. The van der Waals surface area contributed by atoms with Crippen LogP contribution in [-0.4, -0.2) is 10.1 Å². The molecular formula is C13H13NO. The lowest BCUT2D eigenvalue weighted by Crippen LogP contribution is -1.90.